The van der Waals surface area contributed by atoms with Crippen molar-refractivity contribution in [2.24, 2.45) is 0 Å². The molecule has 0 saturated heterocycles. The topological polar surface area (TPSA) is 12.0 Å². The van der Waals surface area contributed by atoms with Gasteiger partial charge in [-0.3, -0.25) is 0 Å². The van der Waals surface area contributed by atoms with E-state index in [0.29, 0.717) is 11.1 Å². The molecule has 1 nitrogen and oxygen atoms in total. The van der Waals surface area contributed by atoms with Gasteiger partial charge in [0, 0.05) is 17.5 Å². The molecule has 3 rings (SSSR count). The molecule has 2 atom stereocenters. The molecule has 0 spiro atoms. The van der Waals surface area contributed by atoms with Crippen molar-refractivity contribution < 1.29 is 8.78 Å². The van der Waals surface area contributed by atoms with Crippen molar-refractivity contribution in [2.45, 2.75) is 25.3 Å². The first-order chi connectivity index (χ1) is 9.63. The van der Waals surface area contributed by atoms with Crippen LogP contribution in [0.15, 0.2) is 36.4 Å². The zero-order chi connectivity index (χ0) is 14.3. The Morgan fingerprint density at radius 1 is 1.10 bits per heavy atom. The molecule has 2 unspecified atom stereocenters. The molecular weight excluding hydrogens is 256 g/mol. The van der Waals surface area contributed by atoms with E-state index in [4.69, 9.17) is 0 Å². The number of halogens is 2. The van der Waals surface area contributed by atoms with Crippen LogP contribution in [0.25, 0.3) is 0 Å². The van der Waals surface area contributed by atoms with Gasteiger partial charge in [0.25, 0.3) is 0 Å². The van der Waals surface area contributed by atoms with E-state index in [1.165, 1.54) is 11.1 Å². The Morgan fingerprint density at radius 3 is 2.55 bits per heavy atom. The van der Waals surface area contributed by atoms with Crippen molar-refractivity contribution in [3.8, 4) is 0 Å². The predicted octanol–water partition coefficient (Wildman–Crippen LogP) is 3.87. The molecule has 0 saturated carbocycles. The van der Waals surface area contributed by atoms with Gasteiger partial charge in [-0.15, -0.1) is 0 Å². The van der Waals surface area contributed by atoms with Crippen molar-refractivity contribution in [1.82, 2.24) is 5.32 Å². The van der Waals surface area contributed by atoms with Crippen LogP contribution in [-0.4, -0.2) is 7.05 Å². The normalized spacial score (nSPS) is 18.3. The fraction of sp³-hybridized carbons (Fsp3) is 0.294. The number of hydrogen-bond donors (Lipinski definition) is 1. The molecule has 0 aromatic heterocycles. The Morgan fingerprint density at radius 2 is 1.85 bits per heavy atom. The maximum absolute atomic E-state index is 14.2. The molecule has 1 N–H and O–H groups in total. The van der Waals surface area contributed by atoms with Crippen molar-refractivity contribution in [1.29, 1.82) is 0 Å². The summed E-state index contributed by atoms with van der Waals surface area (Å²) in [5, 5.41) is 3.14. The second-order valence-corrected chi connectivity index (χ2v) is 5.38. The number of fused-ring (bicyclic) bond motifs is 1. The molecule has 2 aromatic rings. The number of hydrogen-bond acceptors (Lipinski definition) is 1. The first-order valence-corrected chi connectivity index (χ1v) is 6.83. The average molecular weight is 273 g/mol. The summed E-state index contributed by atoms with van der Waals surface area (Å²) in [4.78, 5) is 0. The molecule has 0 radical (unpaired) electrons. The molecule has 0 bridgehead atoms. The lowest BCUT2D eigenvalue weighted by Gasteiger charge is -2.37. The third kappa shape index (κ3) is 1.93. The average Bonchev–Trinajstić information content (AvgIpc) is 2.43. The number of rotatable bonds is 3. The molecule has 104 valence electrons. The van der Waals surface area contributed by atoms with E-state index >= 15 is 0 Å². The van der Waals surface area contributed by atoms with Crippen molar-refractivity contribution >= 4 is 0 Å². The fourth-order valence-electron chi connectivity index (χ4n) is 3.07. The van der Waals surface area contributed by atoms with E-state index in [0.717, 1.165) is 6.42 Å². The number of benzene rings is 2. The summed E-state index contributed by atoms with van der Waals surface area (Å²) in [5.41, 5.74) is 3.28. The fourth-order valence-corrected chi connectivity index (χ4v) is 3.07. The standard InChI is InChI=1S/C17H17F2N/c1-10-7-8-13(16(19)15(10)18)17(20-2)14-9-11-5-3-4-6-12(11)14/h3-8,14,17,20H,9H2,1-2H3. The quantitative estimate of drug-likeness (QED) is 0.895. The van der Waals surface area contributed by atoms with Crippen LogP contribution in [0.5, 0.6) is 0 Å². The van der Waals surface area contributed by atoms with Crippen LogP contribution >= 0.6 is 0 Å². The van der Waals surface area contributed by atoms with Gasteiger partial charge in [-0.1, -0.05) is 36.4 Å². The van der Waals surface area contributed by atoms with Gasteiger partial charge >= 0.3 is 0 Å². The van der Waals surface area contributed by atoms with E-state index in [-0.39, 0.29) is 12.0 Å². The van der Waals surface area contributed by atoms with Gasteiger partial charge in [-0.05, 0) is 37.1 Å². The lowest BCUT2D eigenvalue weighted by Crippen LogP contribution is -2.32. The van der Waals surface area contributed by atoms with E-state index in [1.807, 2.05) is 12.1 Å². The van der Waals surface area contributed by atoms with E-state index in [1.54, 1.807) is 26.1 Å². The third-order valence-electron chi connectivity index (χ3n) is 4.25. The van der Waals surface area contributed by atoms with Crippen LogP contribution in [0.1, 0.15) is 34.2 Å². The van der Waals surface area contributed by atoms with Crippen LogP contribution in [-0.2, 0) is 6.42 Å². The van der Waals surface area contributed by atoms with Crippen LogP contribution in [0.3, 0.4) is 0 Å². The summed E-state index contributed by atoms with van der Waals surface area (Å²) in [5.74, 6) is -1.27. The Hall–Kier alpha value is -1.74. The monoisotopic (exact) mass is 273 g/mol. The van der Waals surface area contributed by atoms with Crippen molar-refractivity contribution in [3.63, 3.8) is 0 Å². The summed E-state index contributed by atoms with van der Waals surface area (Å²) in [6.45, 7) is 1.58. The molecule has 20 heavy (non-hydrogen) atoms. The van der Waals surface area contributed by atoms with Gasteiger partial charge in [0.15, 0.2) is 11.6 Å². The number of likely N-dealkylation sites (N-methyl/N-ethyl adjacent to an activating group) is 1. The second-order valence-electron chi connectivity index (χ2n) is 5.38. The second kappa shape index (κ2) is 4.98. The highest BCUT2D eigenvalue weighted by atomic mass is 19.2. The molecule has 2 aromatic carbocycles. The van der Waals surface area contributed by atoms with E-state index < -0.39 is 11.6 Å². The maximum Gasteiger partial charge on any atom is 0.163 e. The van der Waals surface area contributed by atoms with Gasteiger partial charge in [-0.25, -0.2) is 8.78 Å². The highest BCUT2D eigenvalue weighted by molar-refractivity contribution is 5.43. The summed E-state index contributed by atoms with van der Waals surface area (Å²) in [7, 11) is 1.79. The maximum atomic E-state index is 14.2. The first kappa shape index (κ1) is 13.3. The van der Waals surface area contributed by atoms with Gasteiger partial charge in [0.05, 0.1) is 0 Å². The molecule has 0 heterocycles. The zero-order valence-electron chi connectivity index (χ0n) is 11.6. The van der Waals surface area contributed by atoms with Crippen molar-refractivity contribution in [2.75, 3.05) is 7.05 Å². The summed E-state index contributed by atoms with van der Waals surface area (Å²) >= 11 is 0. The van der Waals surface area contributed by atoms with Crippen LogP contribution in [0.4, 0.5) is 8.78 Å². The lowest BCUT2D eigenvalue weighted by molar-refractivity contribution is 0.408. The Balaban J connectivity index is 1.99. The first-order valence-electron chi connectivity index (χ1n) is 6.83. The van der Waals surface area contributed by atoms with E-state index in [9.17, 15) is 8.78 Å². The van der Waals surface area contributed by atoms with Gasteiger partial charge in [0.1, 0.15) is 0 Å². The Kier molecular flexibility index (Phi) is 3.30. The van der Waals surface area contributed by atoms with Gasteiger partial charge < -0.3 is 5.32 Å². The molecule has 1 aliphatic carbocycles. The van der Waals surface area contributed by atoms with Crippen molar-refractivity contribution in [3.05, 3.63) is 70.3 Å². The number of aryl methyl sites for hydroxylation is 1. The van der Waals surface area contributed by atoms with Gasteiger partial charge in [-0.2, -0.15) is 0 Å². The number of nitrogens with one attached hydrogen (secondary N) is 1. The molecule has 0 amide bonds. The summed E-state index contributed by atoms with van der Waals surface area (Å²) in [6.07, 6.45) is 0.899. The molecule has 0 aliphatic heterocycles. The minimum atomic E-state index is -0.740. The van der Waals surface area contributed by atoms with E-state index in [2.05, 4.69) is 17.4 Å². The van der Waals surface area contributed by atoms with Crippen LogP contribution in [0.2, 0.25) is 0 Å². The molecular formula is C17H17F2N. The Bertz CT molecular complexity index is 651. The summed E-state index contributed by atoms with van der Waals surface area (Å²) < 4.78 is 27.9. The highest BCUT2D eigenvalue weighted by Crippen LogP contribution is 2.44. The van der Waals surface area contributed by atoms with Crippen LogP contribution in [0, 0.1) is 18.6 Å². The SMILES string of the molecule is CNC(c1ccc(C)c(F)c1F)C1Cc2ccccc21. The zero-order valence-corrected chi connectivity index (χ0v) is 11.6. The minimum absolute atomic E-state index is 0.194. The highest BCUT2D eigenvalue weighted by Gasteiger charge is 2.34. The minimum Gasteiger partial charge on any atom is -0.312 e. The third-order valence-corrected chi connectivity index (χ3v) is 4.25. The smallest absolute Gasteiger partial charge is 0.163 e. The largest absolute Gasteiger partial charge is 0.312 e. The molecule has 3 heteroatoms. The summed E-state index contributed by atoms with van der Waals surface area (Å²) in [6, 6.07) is 11.3. The van der Waals surface area contributed by atoms with Gasteiger partial charge in [0.2, 0.25) is 0 Å². The molecule has 1 aliphatic rings. The van der Waals surface area contributed by atoms with Crippen LogP contribution < -0.4 is 5.32 Å². The molecule has 0 fully saturated rings. The Labute approximate surface area is 117 Å². The lowest BCUT2D eigenvalue weighted by atomic mass is 9.71. The predicted molar refractivity (Wildman–Crippen MR) is 75.8 cm³/mol.